The van der Waals surface area contributed by atoms with E-state index in [1.807, 2.05) is 5.32 Å². The number of carboxylic acid groups (broad SMARTS) is 1. The van der Waals surface area contributed by atoms with Crippen LogP contribution in [-0.4, -0.2) is 40.0 Å². The Morgan fingerprint density at radius 1 is 0.974 bits per heavy atom. The van der Waals surface area contributed by atoms with Gasteiger partial charge >= 0.3 is 24.2 Å². The van der Waals surface area contributed by atoms with Gasteiger partial charge in [-0.15, -0.1) is 0 Å². The maximum Gasteiger partial charge on any atom is 0.416 e. The number of anilines is 3. The fourth-order valence-corrected chi connectivity index (χ4v) is 3.83. The number of carbonyl (C=O) groups is 4. The minimum atomic E-state index is -4.73. The summed E-state index contributed by atoms with van der Waals surface area (Å²) < 4.78 is 56.5. The Kier molecular flexibility index (Phi) is 8.46. The first-order valence-electron chi connectivity index (χ1n) is 10.5. The first-order chi connectivity index (χ1) is 17.8. The number of aliphatic carboxylic acids is 1. The highest BCUT2D eigenvalue weighted by molar-refractivity contribution is 7.11. The lowest BCUT2D eigenvalue weighted by Crippen LogP contribution is -2.31. The molecule has 16 heteroatoms. The number of rotatable bonds is 8. The molecule has 2 aromatic carbocycles. The summed E-state index contributed by atoms with van der Waals surface area (Å²) in [5, 5.41) is 17.7. The third-order valence-electron chi connectivity index (χ3n) is 4.75. The largest absolute Gasteiger partial charge is 0.481 e. The van der Waals surface area contributed by atoms with Crippen LogP contribution in [-0.2, 0) is 11.0 Å². The van der Waals surface area contributed by atoms with Crippen molar-refractivity contribution in [2.24, 2.45) is 5.73 Å². The Morgan fingerprint density at radius 3 is 2.26 bits per heavy atom. The summed E-state index contributed by atoms with van der Waals surface area (Å²) in [6.07, 6.45) is -5.03. The summed E-state index contributed by atoms with van der Waals surface area (Å²) in [6.45, 7) is -0.152. The number of amides is 5. The number of alkyl halides is 3. The molecule has 0 aliphatic rings. The number of carboxylic acids is 1. The van der Waals surface area contributed by atoms with Gasteiger partial charge < -0.3 is 26.8 Å². The van der Waals surface area contributed by atoms with Gasteiger partial charge in [-0.05, 0) is 41.9 Å². The van der Waals surface area contributed by atoms with Gasteiger partial charge in [-0.25, -0.2) is 14.0 Å². The van der Waals surface area contributed by atoms with Gasteiger partial charge in [0.25, 0.3) is 5.91 Å². The number of halogens is 4. The molecule has 200 valence electrons. The molecule has 3 rings (SSSR count). The first-order valence-corrected chi connectivity index (χ1v) is 11.2. The van der Waals surface area contributed by atoms with Crippen LogP contribution in [0.2, 0.25) is 0 Å². The SMILES string of the molecule is NC(=O)c1c(-c2ccc(NC(=O)Nc3cc(C(F)(F)F)ccc3F)cc2)nsc1NC(=O)NCCC(=O)O. The number of nitrogens with two attached hydrogens (primary N) is 1. The lowest BCUT2D eigenvalue weighted by atomic mass is 10.1. The molecule has 11 nitrogen and oxygen atoms in total. The number of nitrogens with one attached hydrogen (secondary N) is 4. The number of nitrogens with zero attached hydrogens (tertiary/aromatic N) is 1. The third kappa shape index (κ3) is 7.16. The summed E-state index contributed by atoms with van der Waals surface area (Å²) >= 11 is 0.753. The van der Waals surface area contributed by atoms with Crippen molar-refractivity contribution in [1.29, 1.82) is 0 Å². The Hall–Kier alpha value is -4.73. The second kappa shape index (κ2) is 11.5. The van der Waals surface area contributed by atoms with E-state index in [0.717, 1.165) is 11.5 Å². The highest BCUT2D eigenvalue weighted by atomic mass is 32.1. The van der Waals surface area contributed by atoms with E-state index in [2.05, 4.69) is 20.3 Å². The summed E-state index contributed by atoms with van der Waals surface area (Å²) in [4.78, 5) is 46.7. The molecule has 3 aromatic rings. The Balaban J connectivity index is 1.70. The number of urea groups is 2. The van der Waals surface area contributed by atoms with E-state index in [1.165, 1.54) is 24.3 Å². The van der Waals surface area contributed by atoms with Crippen LogP contribution in [0.5, 0.6) is 0 Å². The molecule has 5 amide bonds. The van der Waals surface area contributed by atoms with Gasteiger partial charge in [-0.2, -0.15) is 17.5 Å². The topological polar surface area (TPSA) is 176 Å². The quantitative estimate of drug-likeness (QED) is 0.226. The van der Waals surface area contributed by atoms with E-state index in [9.17, 15) is 36.7 Å². The first kappa shape index (κ1) is 27.9. The van der Waals surface area contributed by atoms with E-state index >= 15 is 0 Å². The average Bonchev–Trinajstić information content (AvgIpc) is 3.23. The molecular formula is C22H18F4N6O5S. The molecule has 0 aliphatic carbocycles. The number of hydrogen-bond acceptors (Lipinski definition) is 6. The molecule has 0 bridgehead atoms. The predicted octanol–water partition coefficient (Wildman–Crippen LogP) is 4.31. The fourth-order valence-electron chi connectivity index (χ4n) is 3.02. The Bertz CT molecular complexity index is 1380. The summed E-state index contributed by atoms with van der Waals surface area (Å²) in [5.74, 6) is -3.08. The van der Waals surface area contributed by atoms with Crippen molar-refractivity contribution in [2.75, 3.05) is 22.5 Å². The minimum absolute atomic E-state index is 0.0185. The van der Waals surface area contributed by atoms with Crippen LogP contribution in [0.1, 0.15) is 22.3 Å². The van der Waals surface area contributed by atoms with Crippen molar-refractivity contribution in [2.45, 2.75) is 12.6 Å². The van der Waals surface area contributed by atoms with Crippen molar-refractivity contribution in [1.82, 2.24) is 9.69 Å². The normalized spacial score (nSPS) is 10.9. The molecule has 0 saturated heterocycles. The van der Waals surface area contributed by atoms with Gasteiger partial charge in [-0.1, -0.05) is 12.1 Å². The van der Waals surface area contributed by atoms with Gasteiger partial charge in [0.2, 0.25) is 0 Å². The predicted molar refractivity (Wildman–Crippen MR) is 129 cm³/mol. The zero-order valence-electron chi connectivity index (χ0n) is 19.0. The van der Waals surface area contributed by atoms with Crippen LogP contribution in [0.4, 0.5) is 43.5 Å². The summed E-state index contributed by atoms with van der Waals surface area (Å²) in [7, 11) is 0. The standard InChI is InChI=1S/C22H18F4N6O5S/c23-13-6-3-11(22(24,25)26)9-14(13)30-21(37)29-12-4-1-10(2-5-12)17-16(18(27)35)19(38-32-17)31-20(36)28-8-7-15(33)34/h1-6,9H,7-8H2,(H2,27,35)(H,33,34)(H2,28,31,36)(H2,29,30,37). The van der Waals surface area contributed by atoms with E-state index in [1.54, 1.807) is 0 Å². The second-order valence-corrected chi connectivity index (χ2v) is 8.25. The van der Waals surface area contributed by atoms with E-state index in [4.69, 9.17) is 10.8 Å². The van der Waals surface area contributed by atoms with Crippen molar-refractivity contribution < 1.29 is 41.8 Å². The average molecular weight is 554 g/mol. The number of aromatic nitrogens is 1. The summed E-state index contributed by atoms with van der Waals surface area (Å²) in [6, 6.07) is 5.46. The molecule has 0 saturated carbocycles. The monoisotopic (exact) mass is 554 g/mol. The van der Waals surface area contributed by atoms with E-state index < -0.39 is 47.2 Å². The van der Waals surface area contributed by atoms with Crippen LogP contribution in [0.3, 0.4) is 0 Å². The second-order valence-electron chi connectivity index (χ2n) is 7.47. The highest BCUT2D eigenvalue weighted by Crippen LogP contribution is 2.33. The molecule has 38 heavy (non-hydrogen) atoms. The van der Waals surface area contributed by atoms with Crippen LogP contribution in [0.25, 0.3) is 11.3 Å². The van der Waals surface area contributed by atoms with E-state index in [-0.39, 0.29) is 34.9 Å². The number of primary amides is 1. The van der Waals surface area contributed by atoms with Crippen LogP contribution in [0.15, 0.2) is 42.5 Å². The lowest BCUT2D eigenvalue weighted by molar-refractivity contribution is -0.138. The maximum absolute atomic E-state index is 13.9. The molecule has 0 atom stereocenters. The molecule has 1 heterocycles. The van der Waals surface area contributed by atoms with Crippen molar-refractivity contribution in [3.05, 3.63) is 59.4 Å². The fraction of sp³-hybridized carbons (Fsp3) is 0.136. The maximum atomic E-state index is 13.9. The Morgan fingerprint density at radius 2 is 1.66 bits per heavy atom. The molecule has 0 aliphatic heterocycles. The third-order valence-corrected chi connectivity index (χ3v) is 5.51. The zero-order valence-corrected chi connectivity index (χ0v) is 19.8. The van der Waals surface area contributed by atoms with Gasteiger partial charge in [0.05, 0.1) is 23.4 Å². The molecular weight excluding hydrogens is 536 g/mol. The number of carbonyl (C=O) groups excluding carboxylic acids is 3. The van der Waals surface area contributed by atoms with Gasteiger partial charge in [0.1, 0.15) is 16.4 Å². The number of hydrogen-bond donors (Lipinski definition) is 6. The van der Waals surface area contributed by atoms with Crippen LogP contribution < -0.4 is 27.0 Å². The van der Waals surface area contributed by atoms with Crippen molar-refractivity contribution >= 4 is 51.8 Å². The molecule has 0 radical (unpaired) electrons. The smallest absolute Gasteiger partial charge is 0.416 e. The molecule has 0 unspecified atom stereocenters. The Labute approximate surface area is 215 Å². The van der Waals surface area contributed by atoms with Gasteiger partial charge in [0, 0.05) is 17.8 Å². The minimum Gasteiger partial charge on any atom is -0.481 e. The molecule has 1 aromatic heterocycles. The van der Waals surface area contributed by atoms with Crippen LogP contribution >= 0.6 is 11.5 Å². The zero-order chi connectivity index (χ0) is 28.0. The van der Waals surface area contributed by atoms with Gasteiger partial charge in [0.15, 0.2) is 0 Å². The van der Waals surface area contributed by atoms with Crippen molar-refractivity contribution in [3.63, 3.8) is 0 Å². The summed E-state index contributed by atoms with van der Waals surface area (Å²) in [5.41, 5.74) is 4.18. The van der Waals surface area contributed by atoms with Gasteiger partial charge in [-0.3, -0.25) is 14.9 Å². The van der Waals surface area contributed by atoms with Crippen LogP contribution in [0, 0.1) is 5.82 Å². The highest BCUT2D eigenvalue weighted by Gasteiger charge is 2.31. The van der Waals surface area contributed by atoms with E-state index in [0.29, 0.717) is 23.8 Å². The van der Waals surface area contributed by atoms with Crippen molar-refractivity contribution in [3.8, 4) is 11.3 Å². The molecule has 0 spiro atoms. The molecule has 7 N–H and O–H groups in total. The molecule has 0 fully saturated rings. The number of benzene rings is 2. The lowest BCUT2D eigenvalue weighted by Gasteiger charge is -2.12.